The van der Waals surface area contributed by atoms with Crippen LogP contribution in [0.15, 0.2) is 0 Å². The molecule has 2 heterocycles. The predicted octanol–water partition coefficient (Wildman–Crippen LogP) is 0.218. The van der Waals surface area contributed by atoms with Crippen molar-refractivity contribution < 1.29 is 14.4 Å². The summed E-state index contributed by atoms with van der Waals surface area (Å²) in [4.78, 5) is 41.6. The lowest BCUT2D eigenvalue weighted by molar-refractivity contribution is -0.136. The van der Waals surface area contributed by atoms with Crippen LogP contribution in [0.5, 0.6) is 0 Å². The lowest BCUT2D eigenvalue weighted by Crippen LogP contribution is -2.41. The molecule has 23 heavy (non-hydrogen) atoms. The van der Waals surface area contributed by atoms with Crippen molar-refractivity contribution in [2.45, 2.75) is 39.2 Å². The van der Waals surface area contributed by atoms with Gasteiger partial charge in [-0.15, -0.1) is 0 Å². The molecule has 0 bridgehead atoms. The van der Waals surface area contributed by atoms with Crippen molar-refractivity contribution in [1.29, 1.82) is 5.26 Å². The highest BCUT2D eigenvalue weighted by atomic mass is 16.2. The van der Waals surface area contributed by atoms with Gasteiger partial charge in [0.2, 0.25) is 17.7 Å². The van der Waals surface area contributed by atoms with Gasteiger partial charge in [-0.05, 0) is 20.3 Å². The van der Waals surface area contributed by atoms with Crippen LogP contribution in [0.4, 0.5) is 0 Å². The number of hydrogen-bond acceptors (Lipinski definition) is 4. The van der Waals surface area contributed by atoms with E-state index in [1.807, 2.05) is 19.9 Å². The molecule has 1 atom stereocenters. The summed E-state index contributed by atoms with van der Waals surface area (Å²) in [5.41, 5.74) is 0. The number of nitriles is 1. The predicted molar refractivity (Wildman–Crippen MR) is 83.0 cm³/mol. The summed E-state index contributed by atoms with van der Waals surface area (Å²) < 4.78 is 0. The fraction of sp³-hybridized carbons (Fsp3) is 0.750. The molecule has 7 nitrogen and oxygen atoms in total. The van der Waals surface area contributed by atoms with E-state index in [2.05, 4.69) is 0 Å². The first-order valence-corrected chi connectivity index (χ1v) is 8.17. The van der Waals surface area contributed by atoms with Crippen LogP contribution in [0.1, 0.15) is 33.1 Å². The first-order chi connectivity index (χ1) is 10.9. The van der Waals surface area contributed by atoms with E-state index in [4.69, 9.17) is 5.26 Å². The van der Waals surface area contributed by atoms with Gasteiger partial charge >= 0.3 is 0 Å². The maximum Gasteiger partial charge on any atom is 0.236 e. The fourth-order valence-electron chi connectivity index (χ4n) is 3.22. The summed E-state index contributed by atoms with van der Waals surface area (Å²) in [5, 5.41) is 8.62. The van der Waals surface area contributed by atoms with Crippen LogP contribution in [0.2, 0.25) is 0 Å². The van der Waals surface area contributed by atoms with E-state index in [1.165, 1.54) is 0 Å². The van der Waals surface area contributed by atoms with E-state index < -0.39 is 0 Å². The normalized spacial score (nSPS) is 22.3. The van der Waals surface area contributed by atoms with Gasteiger partial charge in [0.15, 0.2) is 0 Å². The third kappa shape index (κ3) is 4.01. The molecule has 1 unspecified atom stereocenters. The minimum Gasteiger partial charge on any atom is -0.341 e. The molecular formula is C16H24N4O3. The van der Waals surface area contributed by atoms with E-state index in [0.717, 1.165) is 0 Å². The summed E-state index contributed by atoms with van der Waals surface area (Å²) in [6.07, 6.45) is 0.872. The van der Waals surface area contributed by atoms with Gasteiger partial charge in [-0.2, -0.15) is 5.26 Å². The Balaban J connectivity index is 1.93. The Morgan fingerprint density at radius 3 is 2.48 bits per heavy atom. The monoisotopic (exact) mass is 320 g/mol. The van der Waals surface area contributed by atoms with Crippen LogP contribution in [-0.4, -0.2) is 71.2 Å². The van der Waals surface area contributed by atoms with Crippen LogP contribution in [0.25, 0.3) is 0 Å². The minimum absolute atomic E-state index is 0.0103. The number of likely N-dealkylation sites (tertiary alicyclic amines) is 1. The van der Waals surface area contributed by atoms with Crippen LogP contribution in [0.3, 0.4) is 0 Å². The summed E-state index contributed by atoms with van der Waals surface area (Å²) in [5.74, 6) is -0.398. The number of amides is 3. The molecule has 2 aliphatic rings. The second kappa shape index (κ2) is 7.44. The van der Waals surface area contributed by atoms with E-state index in [9.17, 15) is 14.4 Å². The zero-order valence-corrected chi connectivity index (χ0v) is 13.8. The Hall–Kier alpha value is -2.10. The first-order valence-electron chi connectivity index (χ1n) is 8.17. The van der Waals surface area contributed by atoms with Crippen molar-refractivity contribution in [3.63, 3.8) is 0 Å². The zero-order chi connectivity index (χ0) is 17.0. The summed E-state index contributed by atoms with van der Waals surface area (Å²) in [6, 6.07) is 1.98. The van der Waals surface area contributed by atoms with Gasteiger partial charge < -0.3 is 14.7 Å². The maximum absolute atomic E-state index is 12.7. The summed E-state index contributed by atoms with van der Waals surface area (Å²) in [7, 11) is 0. The molecule has 2 rings (SSSR count). The molecule has 0 aromatic carbocycles. The largest absolute Gasteiger partial charge is 0.341 e. The smallest absolute Gasteiger partial charge is 0.236 e. The standard InChI is InChI=1S/C16H24N4O3/c1-12(2)20-11-13(10-15(20)22)16(23)19-7-3-6-18(8-9-19)14(21)4-5-17/h12-13H,3-4,6-11H2,1-2H3. The number of hydrogen-bond donors (Lipinski definition) is 0. The van der Waals surface area contributed by atoms with Gasteiger partial charge in [0.25, 0.3) is 0 Å². The van der Waals surface area contributed by atoms with Gasteiger partial charge in [0.1, 0.15) is 6.42 Å². The van der Waals surface area contributed by atoms with Gasteiger partial charge in [-0.25, -0.2) is 0 Å². The second-order valence-corrected chi connectivity index (χ2v) is 6.44. The molecule has 126 valence electrons. The minimum atomic E-state index is -0.272. The average Bonchev–Trinajstić information content (AvgIpc) is 2.74. The van der Waals surface area contributed by atoms with Gasteiger partial charge in [-0.1, -0.05) is 0 Å². The number of nitrogens with zero attached hydrogens (tertiary/aromatic N) is 4. The maximum atomic E-state index is 12.7. The van der Waals surface area contributed by atoms with Crippen molar-refractivity contribution in [2.75, 3.05) is 32.7 Å². The highest BCUT2D eigenvalue weighted by Gasteiger charge is 2.37. The van der Waals surface area contributed by atoms with E-state index in [-0.39, 0.29) is 42.5 Å². The fourth-order valence-corrected chi connectivity index (χ4v) is 3.22. The van der Waals surface area contributed by atoms with E-state index in [1.54, 1.807) is 14.7 Å². The lowest BCUT2D eigenvalue weighted by Gasteiger charge is -2.25. The van der Waals surface area contributed by atoms with Gasteiger partial charge in [0.05, 0.1) is 12.0 Å². The van der Waals surface area contributed by atoms with Crippen molar-refractivity contribution in [2.24, 2.45) is 5.92 Å². The number of carbonyl (C=O) groups excluding carboxylic acids is 3. The molecule has 0 N–H and O–H groups in total. The Kier molecular flexibility index (Phi) is 5.59. The SMILES string of the molecule is CC(C)N1CC(C(=O)N2CCCN(C(=O)CC#N)CC2)CC1=O. The molecule has 2 saturated heterocycles. The molecule has 0 aliphatic carbocycles. The summed E-state index contributed by atoms with van der Waals surface area (Å²) in [6.45, 7) is 6.50. The molecule has 0 aromatic heterocycles. The van der Waals surface area contributed by atoms with Crippen molar-refractivity contribution in [1.82, 2.24) is 14.7 Å². The molecule has 0 saturated carbocycles. The molecule has 3 amide bonds. The Labute approximate surface area is 136 Å². The highest BCUT2D eigenvalue weighted by Crippen LogP contribution is 2.22. The van der Waals surface area contributed by atoms with Gasteiger partial charge in [0, 0.05) is 45.2 Å². The average molecular weight is 320 g/mol. The molecule has 2 aliphatic heterocycles. The van der Waals surface area contributed by atoms with Crippen LogP contribution < -0.4 is 0 Å². The quantitative estimate of drug-likeness (QED) is 0.744. The molecule has 0 radical (unpaired) electrons. The number of rotatable bonds is 3. The van der Waals surface area contributed by atoms with Crippen LogP contribution in [-0.2, 0) is 14.4 Å². The Morgan fingerprint density at radius 2 is 1.87 bits per heavy atom. The third-order valence-corrected chi connectivity index (χ3v) is 4.52. The topological polar surface area (TPSA) is 84.7 Å². The molecule has 2 fully saturated rings. The van der Waals surface area contributed by atoms with E-state index in [0.29, 0.717) is 39.1 Å². The molecular weight excluding hydrogens is 296 g/mol. The first kappa shape index (κ1) is 17.3. The van der Waals surface area contributed by atoms with Crippen molar-refractivity contribution in [3.8, 4) is 6.07 Å². The van der Waals surface area contributed by atoms with Gasteiger partial charge in [-0.3, -0.25) is 14.4 Å². The van der Waals surface area contributed by atoms with Crippen molar-refractivity contribution in [3.05, 3.63) is 0 Å². The zero-order valence-electron chi connectivity index (χ0n) is 13.8. The molecule has 7 heteroatoms. The van der Waals surface area contributed by atoms with Crippen molar-refractivity contribution >= 4 is 17.7 Å². The van der Waals surface area contributed by atoms with E-state index >= 15 is 0 Å². The molecule has 0 spiro atoms. The summed E-state index contributed by atoms with van der Waals surface area (Å²) >= 11 is 0. The second-order valence-electron chi connectivity index (χ2n) is 6.44. The Morgan fingerprint density at radius 1 is 1.22 bits per heavy atom. The van der Waals surface area contributed by atoms with Crippen LogP contribution in [0, 0.1) is 17.2 Å². The third-order valence-electron chi connectivity index (χ3n) is 4.52. The lowest BCUT2D eigenvalue weighted by atomic mass is 10.1. The molecule has 0 aromatic rings. The highest BCUT2D eigenvalue weighted by molar-refractivity contribution is 5.89. The van der Waals surface area contributed by atoms with Crippen LogP contribution >= 0.6 is 0 Å². The number of carbonyl (C=O) groups is 3. The Bertz CT molecular complexity index is 526.